The summed E-state index contributed by atoms with van der Waals surface area (Å²) in [6, 6.07) is 9.15. The van der Waals surface area contributed by atoms with Crippen LogP contribution in [0.15, 0.2) is 35.7 Å². The van der Waals surface area contributed by atoms with Gasteiger partial charge in [-0.3, -0.25) is 9.59 Å². The lowest BCUT2D eigenvalue weighted by molar-refractivity contribution is -0.142. The molecule has 2 amide bonds. The van der Waals surface area contributed by atoms with E-state index in [0.717, 1.165) is 24.2 Å². The van der Waals surface area contributed by atoms with Crippen molar-refractivity contribution in [1.82, 2.24) is 9.80 Å². The lowest BCUT2D eigenvalue weighted by atomic mass is 10.00. The van der Waals surface area contributed by atoms with Crippen molar-refractivity contribution >= 4 is 34.8 Å². The molecule has 2 heterocycles. The summed E-state index contributed by atoms with van der Waals surface area (Å²) < 4.78 is 6.01. The van der Waals surface area contributed by atoms with Gasteiger partial charge in [0.1, 0.15) is 12.4 Å². The van der Waals surface area contributed by atoms with Gasteiger partial charge >= 0.3 is 0 Å². The number of hydrogen-bond donors (Lipinski definition) is 0. The zero-order chi connectivity index (χ0) is 21.7. The molecule has 0 radical (unpaired) electrons. The number of halogens is 1. The highest BCUT2D eigenvalue weighted by Gasteiger charge is 2.33. The highest BCUT2D eigenvalue weighted by atomic mass is 35.5. The van der Waals surface area contributed by atoms with E-state index in [2.05, 4.69) is 25.3 Å². The van der Waals surface area contributed by atoms with Crippen molar-refractivity contribution in [2.75, 3.05) is 26.2 Å². The first kappa shape index (κ1) is 22.6. The summed E-state index contributed by atoms with van der Waals surface area (Å²) >= 11 is 7.68. The molecule has 162 valence electrons. The van der Waals surface area contributed by atoms with E-state index < -0.39 is 0 Å². The van der Waals surface area contributed by atoms with Crippen LogP contribution in [0.4, 0.5) is 0 Å². The zero-order valence-corrected chi connectivity index (χ0v) is 19.3. The molecule has 2 aromatic rings. The predicted octanol–water partition coefficient (Wildman–Crippen LogP) is 4.80. The normalized spacial score (nSPS) is 16.7. The minimum atomic E-state index is -0.166. The van der Waals surface area contributed by atoms with Gasteiger partial charge in [0, 0.05) is 29.9 Å². The third-order valence-electron chi connectivity index (χ3n) is 5.64. The summed E-state index contributed by atoms with van der Waals surface area (Å²) in [5, 5.41) is 2.72. The van der Waals surface area contributed by atoms with Crippen LogP contribution in [0, 0.1) is 5.92 Å². The van der Waals surface area contributed by atoms with Gasteiger partial charge in [-0.05, 0) is 53.6 Å². The minimum absolute atomic E-state index is 0.0324. The first-order valence-electron chi connectivity index (χ1n) is 10.4. The molecule has 0 saturated heterocycles. The van der Waals surface area contributed by atoms with Crippen molar-refractivity contribution in [3.05, 3.63) is 51.2 Å². The lowest BCUT2D eigenvalue weighted by Gasteiger charge is -2.37. The van der Waals surface area contributed by atoms with Crippen LogP contribution in [-0.4, -0.2) is 47.9 Å². The second kappa shape index (κ2) is 10.3. The Balaban J connectivity index is 1.74. The maximum Gasteiger partial charge on any atom is 0.242 e. The van der Waals surface area contributed by atoms with E-state index in [1.54, 1.807) is 28.4 Å². The first-order chi connectivity index (χ1) is 14.4. The Kier molecular flexibility index (Phi) is 7.78. The number of rotatable bonds is 8. The van der Waals surface area contributed by atoms with Crippen LogP contribution in [0.3, 0.4) is 0 Å². The fraction of sp³-hybridized carbons (Fsp3) is 0.478. The van der Waals surface area contributed by atoms with Gasteiger partial charge in [-0.25, -0.2) is 0 Å². The van der Waals surface area contributed by atoms with Crippen molar-refractivity contribution < 1.29 is 14.3 Å². The van der Waals surface area contributed by atoms with Gasteiger partial charge in [-0.1, -0.05) is 31.9 Å². The van der Waals surface area contributed by atoms with Crippen molar-refractivity contribution in [3.8, 4) is 5.75 Å². The third-order valence-corrected chi connectivity index (χ3v) is 6.89. The van der Waals surface area contributed by atoms with Crippen LogP contribution in [0.25, 0.3) is 0 Å². The predicted molar refractivity (Wildman–Crippen MR) is 121 cm³/mol. The first-order valence-corrected chi connectivity index (χ1v) is 11.6. The number of nitrogens with zero attached hydrogens (tertiary/aromatic N) is 2. The van der Waals surface area contributed by atoms with Gasteiger partial charge in [0.25, 0.3) is 0 Å². The molecule has 0 N–H and O–H groups in total. The molecule has 1 aromatic heterocycles. The standard InChI is InChI=1S/C23H29ClN2O3S/c1-4-16(2)13-25(17(3)27)14-23(28)26-11-9-22-20(10-12-30-22)21(26)15-29-19-7-5-18(24)6-8-19/h5-8,10,12,16,21H,4,9,11,13-15H2,1-3H3/t16-,21+/m0/s1. The molecule has 0 unspecified atom stereocenters. The van der Waals surface area contributed by atoms with E-state index in [4.69, 9.17) is 16.3 Å². The van der Waals surface area contributed by atoms with Crippen molar-refractivity contribution in [1.29, 1.82) is 0 Å². The maximum atomic E-state index is 13.2. The topological polar surface area (TPSA) is 49.9 Å². The molecule has 1 aliphatic rings. The van der Waals surface area contributed by atoms with Crippen molar-refractivity contribution in [2.45, 2.75) is 39.7 Å². The molecule has 5 nitrogen and oxygen atoms in total. The Morgan fingerprint density at radius 3 is 2.70 bits per heavy atom. The molecule has 0 bridgehead atoms. The van der Waals surface area contributed by atoms with Crippen LogP contribution < -0.4 is 4.74 Å². The molecule has 1 aromatic carbocycles. The van der Waals surface area contributed by atoms with E-state index >= 15 is 0 Å². The molecule has 30 heavy (non-hydrogen) atoms. The van der Waals surface area contributed by atoms with E-state index in [0.29, 0.717) is 30.6 Å². The third kappa shape index (κ3) is 5.55. The van der Waals surface area contributed by atoms with E-state index in [9.17, 15) is 9.59 Å². The molecule has 1 aliphatic heterocycles. The fourth-order valence-corrected chi connectivity index (χ4v) is 4.70. The number of carbonyl (C=O) groups excluding carboxylic acids is 2. The summed E-state index contributed by atoms with van der Waals surface area (Å²) in [6.45, 7) is 7.43. The summed E-state index contributed by atoms with van der Waals surface area (Å²) in [7, 11) is 0. The highest BCUT2D eigenvalue weighted by molar-refractivity contribution is 7.10. The monoisotopic (exact) mass is 448 g/mol. The molecule has 7 heteroatoms. The molecular weight excluding hydrogens is 420 g/mol. The van der Waals surface area contributed by atoms with Crippen molar-refractivity contribution in [3.63, 3.8) is 0 Å². The second-order valence-electron chi connectivity index (χ2n) is 7.83. The summed E-state index contributed by atoms with van der Waals surface area (Å²) in [5.74, 6) is 0.979. The van der Waals surface area contributed by atoms with Gasteiger partial charge < -0.3 is 14.5 Å². The largest absolute Gasteiger partial charge is 0.491 e. The number of ether oxygens (including phenoxy) is 1. The number of fused-ring (bicyclic) bond motifs is 1. The van der Waals surface area contributed by atoms with Gasteiger partial charge in [0.05, 0.1) is 12.6 Å². The fourth-order valence-electron chi connectivity index (χ4n) is 3.64. The summed E-state index contributed by atoms with van der Waals surface area (Å²) in [4.78, 5) is 30.2. The quantitative estimate of drug-likeness (QED) is 0.582. The average molecular weight is 449 g/mol. The number of benzene rings is 1. The second-order valence-corrected chi connectivity index (χ2v) is 9.27. The van der Waals surface area contributed by atoms with Crippen LogP contribution >= 0.6 is 22.9 Å². The Bertz CT molecular complexity index is 868. The van der Waals surface area contributed by atoms with Gasteiger partial charge in [0.15, 0.2) is 0 Å². The minimum Gasteiger partial charge on any atom is -0.491 e. The molecule has 2 atom stereocenters. The number of thiophene rings is 1. The smallest absolute Gasteiger partial charge is 0.242 e. The summed E-state index contributed by atoms with van der Waals surface area (Å²) in [6.07, 6.45) is 1.80. The van der Waals surface area contributed by atoms with Crippen LogP contribution in [-0.2, 0) is 16.0 Å². The lowest BCUT2D eigenvalue weighted by Crippen LogP contribution is -2.48. The molecule has 0 spiro atoms. The van der Waals surface area contributed by atoms with E-state index in [1.165, 1.54) is 11.8 Å². The molecule has 0 fully saturated rings. The SMILES string of the molecule is CC[C@H](C)CN(CC(=O)N1CCc2sccc2[C@H]1COc1ccc(Cl)cc1)C(C)=O. The molecular formula is C23H29ClN2O3S. The molecule has 0 aliphatic carbocycles. The van der Waals surface area contributed by atoms with Gasteiger partial charge in [0.2, 0.25) is 11.8 Å². The Hall–Kier alpha value is -2.05. The number of amides is 2. The summed E-state index contributed by atoms with van der Waals surface area (Å²) in [5.41, 5.74) is 1.14. The van der Waals surface area contributed by atoms with Crippen LogP contribution in [0.5, 0.6) is 5.75 Å². The molecule has 0 saturated carbocycles. The Morgan fingerprint density at radius 1 is 1.30 bits per heavy atom. The van der Waals surface area contributed by atoms with E-state index in [-0.39, 0.29) is 24.4 Å². The van der Waals surface area contributed by atoms with E-state index in [1.807, 2.05) is 17.0 Å². The van der Waals surface area contributed by atoms with Crippen molar-refractivity contribution in [2.24, 2.45) is 5.92 Å². The zero-order valence-electron chi connectivity index (χ0n) is 17.8. The molecule has 3 rings (SSSR count). The highest BCUT2D eigenvalue weighted by Crippen LogP contribution is 2.34. The number of hydrogen-bond acceptors (Lipinski definition) is 4. The van der Waals surface area contributed by atoms with Crippen LogP contribution in [0.2, 0.25) is 5.02 Å². The average Bonchev–Trinajstić information content (AvgIpc) is 3.21. The number of carbonyl (C=O) groups is 2. The Labute approximate surface area is 187 Å². The van der Waals surface area contributed by atoms with Gasteiger partial charge in [-0.15, -0.1) is 11.3 Å². The van der Waals surface area contributed by atoms with Crippen LogP contribution in [0.1, 0.15) is 43.7 Å². The Morgan fingerprint density at radius 2 is 2.03 bits per heavy atom. The van der Waals surface area contributed by atoms with Gasteiger partial charge in [-0.2, -0.15) is 0 Å². The maximum absolute atomic E-state index is 13.2.